The summed E-state index contributed by atoms with van der Waals surface area (Å²) in [6.07, 6.45) is 1.56. The quantitative estimate of drug-likeness (QED) is 0.809. The third-order valence-corrected chi connectivity index (χ3v) is 5.54. The molecule has 0 bridgehead atoms. The summed E-state index contributed by atoms with van der Waals surface area (Å²) in [6.45, 7) is 6.00. The zero-order valence-corrected chi connectivity index (χ0v) is 16.7. The lowest BCUT2D eigenvalue weighted by molar-refractivity contribution is -0.127. The highest BCUT2D eigenvalue weighted by Crippen LogP contribution is 2.21. The molecule has 2 aromatic carbocycles. The Hall–Kier alpha value is -2.66. The lowest BCUT2D eigenvalue weighted by Gasteiger charge is -2.34. The van der Waals surface area contributed by atoms with Gasteiger partial charge in [0.1, 0.15) is 0 Å². The van der Waals surface area contributed by atoms with Crippen LogP contribution in [0.25, 0.3) is 0 Å². The van der Waals surface area contributed by atoms with E-state index in [1.54, 1.807) is 0 Å². The Balaban J connectivity index is 1.45. The third-order valence-electron chi connectivity index (χ3n) is 5.54. The Labute approximate surface area is 167 Å². The van der Waals surface area contributed by atoms with Gasteiger partial charge in [-0.15, -0.1) is 0 Å². The molecule has 0 spiro atoms. The second-order valence-electron chi connectivity index (χ2n) is 7.49. The summed E-state index contributed by atoms with van der Waals surface area (Å²) in [4.78, 5) is 27.2. The van der Waals surface area contributed by atoms with E-state index in [-0.39, 0.29) is 23.8 Å². The fourth-order valence-electron chi connectivity index (χ4n) is 3.59. The van der Waals surface area contributed by atoms with Crippen molar-refractivity contribution in [3.8, 4) is 0 Å². The molecule has 2 N–H and O–H groups in total. The molecule has 0 aliphatic carbocycles. The van der Waals surface area contributed by atoms with Gasteiger partial charge in [-0.3, -0.25) is 14.5 Å². The van der Waals surface area contributed by atoms with E-state index in [0.29, 0.717) is 6.54 Å². The minimum absolute atomic E-state index is 0.00118. The van der Waals surface area contributed by atoms with Crippen molar-refractivity contribution in [1.82, 2.24) is 10.2 Å². The number of hydrogen-bond donors (Lipinski definition) is 2. The molecule has 1 fully saturated rings. The van der Waals surface area contributed by atoms with Crippen molar-refractivity contribution in [3.63, 3.8) is 0 Å². The molecule has 0 saturated carbocycles. The standard InChI is InChI=1S/C23H29N3O2/c1-17-8-6-7-11-21(17)25-22(27)18(2)26-14-12-20(13-15-26)23(28)24-16-19-9-4-3-5-10-19/h3-11,18,20H,12-16H2,1-2H3,(H,24,28)(H,25,27)/t18-/m1/s1. The van der Waals surface area contributed by atoms with Crippen LogP contribution >= 0.6 is 0 Å². The monoisotopic (exact) mass is 379 g/mol. The number of nitrogens with zero attached hydrogens (tertiary/aromatic N) is 1. The second-order valence-corrected chi connectivity index (χ2v) is 7.49. The van der Waals surface area contributed by atoms with E-state index < -0.39 is 0 Å². The number of rotatable bonds is 6. The number of hydrogen-bond acceptors (Lipinski definition) is 3. The van der Waals surface area contributed by atoms with Gasteiger partial charge in [0, 0.05) is 18.2 Å². The molecule has 0 unspecified atom stereocenters. The predicted molar refractivity (Wildman–Crippen MR) is 112 cm³/mol. The van der Waals surface area contributed by atoms with Crippen molar-refractivity contribution in [2.45, 2.75) is 39.3 Å². The van der Waals surface area contributed by atoms with Crippen LogP contribution in [0.1, 0.15) is 30.9 Å². The van der Waals surface area contributed by atoms with Crippen LogP contribution in [0, 0.1) is 12.8 Å². The topological polar surface area (TPSA) is 61.4 Å². The fourth-order valence-corrected chi connectivity index (χ4v) is 3.59. The molecule has 2 amide bonds. The first-order valence-electron chi connectivity index (χ1n) is 9.97. The van der Waals surface area contributed by atoms with Gasteiger partial charge in [0.15, 0.2) is 0 Å². The molecular weight excluding hydrogens is 350 g/mol. The second kappa shape index (κ2) is 9.51. The van der Waals surface area contributed by atoms with Crippen LogP contribution in [-0.4, -0.2) is 35.8 Å². The number of nitrogens with one attached hydrogen (secondary N) is 2. The van der Waals surface area contributed by atoms with Crippen molar-refractivity contribution < 1.29 is 9.59 Å². The summed E-state index contributed by atoms with van der Waals surface area (Å²) < 4.78 is 0. The van der Waals surface area contributed by atoms with Gasteiger partial charge in [0.2, 0.25) is 11.8 Å². The average Bonchev–Trinajstić information content (AvgIpc) is 2.74. The number of aryl methyl sites for hydroxylation is 1. The lowest BCUT2D eigenvalue weighted by atomic mass is 9.94. The number of likely N-dealkylation sites (tertiary alicyclic amines) is 1. The van der Waals surface area contributed by atoms with Gasteiger partial charge in [0.05, 0.1) is 6.04 Å². The van der Waals surface area contributed by atoms with Crippen LogP contribution in [0.4, 0.5) is 5.69 Å². The average molecular weight is 380 g/mol. The number of amides is 2. The summed E-state index contributed by atoms with van der Waals surface area (Å²) in [6, 6.07) is 17.5. The maximum Gasteiger partial charge on any atom is 0.241 e. The summed E-state index contributed by atoms with van der Waals surface area (Å²) in [5.41, 5.74) is 3.01. The Kier molecular flexibility index (Phi) is 6.82. The Morgan fingerprint density at radius 2 is 1.68 bits per heavy atom. The summed E-state index contributed by atoms with van der Waals surface area (Å²) >= 11 is 0. The SMILES string of the molecule is Cc1ccccc1NC(=O)[C@@H](C)N1CCC(C(=O)NCc2ccccc2)CC1. The van der Waals surface area contributed by atoms with E-state index in [1.165, 1.54) is 0 Å². The zero-order chi connectivity index (χ0) is 19.9. The first-order valence-corrected chi connectivity index (χ1v) is 9.97. The smallest absolute Gasteiger partial charge is 0.241 e. The van der Waals surface area contributed by atoms with Crippen molar-refractivity contribution >= 4 is 17.5 Å². The number of benzene rings is 2. The zero-order valence-electron chi connectivity index (χ0n) is 16.7. The first-order chi connectivity index (χ1) is 13.5. The number of piperidine rings is 1. The lowest BCUT2D eigenvalue weighted by Crippen LogP contribution is -2.48. The van der Waals surface area contributed by atoms with Crippen LogP contribution in [-0.2, 0) is 16.1 Å². The van der Waals surface area contributed by atoms with E-state index in [0.717, 1.165) is 42.7 Å². The van der Waals surface area contributed by atoms with E-state index in [4.69, 9.17) is 0 Å². The van der Waals surface area contributed by atoms with Crippen LogP contribution in [0.5, 0.6) is 0 Å². The van der Waals surface area contributed by atoms with Crippen LogP contribution in [0.15, 0.2) is 54.6 Å². The number of carbonyl (C=O) groups excluding carboxylic acids is 2. The molecule has 148 valence electrons. The van der Waals surface area contributed by atoms with E-state index in [1.807, 2.05) is 68.4 Å². The van der Waals surface area contributed by atoms with Gasteiger partial charge in [-0.25, -0.2) is 0 Å². The molecule has 2 aromatic rings. The van der Waals surface area contributed by atoms with E-state index >= 15 is 0 Å². The Bertz CT molecular complexity index is 799. The van der Waals surface area contributed by atoms with Crippen molar-refractivity contribution in [3.05, 3.63) is 65.7 Å². The molecular formula is C23H29N3O2. The molecule has 3 rings (SSSR count). The highest BCUT2D eigenvalue weighted by molar-refractivity contribution is 5.95. The molecule has 1 heterocycles. The number of carbonyl (C=O) groups is 2. The predicted octanol–water partition coefficient (Wildman–Crippen LogP) is 3.35. The van der Waals surface area contributed by atoms with Crippen LogP contribution in [0.2, 0.25) is 0 Å². The Morgan fingerprint density at radius 3 is 2.36 bits per heavy atom. The molecule has 1 aliphatic rings. The highest BCUT2D eigenvalue weighted by Gasteiger charge is 2.29. The largest absolute Gasteiger partial charge is 0.352 e. The summed E-state index contributed by atoms with van der Waals surface area (Å²) in [7, 11) is 0. The fraction of sp³-hybridized carbons (Fsp3) is 0.391. The van der Waals surface area contributed by atoms with E-state index in [9.17, 15) is 9.59 Å². The van der Waals surface area contributed by atoms with Crippen molar-refractivity contribution in [2.24, 2.45) is 5.92 Å². The van der Waals surface area contributed by atoms with Crippen LogP contribution in [0.3, 0.4) is 0 Å². The van der Waals surface area contributed by atoms with Gasteiger partial charge in [-0.1, -0.05) is 48.5 Å². The molecule has 28 heavy (non-hydrogen) atoms. The maximum absolute atomic E-state index is 12.6. The van der Waals surface area contributed by atoms with Crippen molar-refractivity contribution in [1.29, 1.82) is 0 Å². The minimum atomic E-state index is -0.215. The highest BCUT2D eigenvalue weighted by atomic mass is 16.2. The maximum atomic E-state index is 12.6. The molecule has 1 saturated heterocycles. The van der Waals surface area contributed by atoms with Gasteiger partial charge >= 0.3 is 0 Å². The van der Waals surface area contributed by atoms with E-state index in [2.05, 4.69) is 15.5 Å². The molecule has 0 radical (unpaired) electrons. The van der Waals surface area contributed by atoms with Gasteiger partial charge in [0.25, 0.3) is 0 Å². The van der Waals surface area contributed by atoms with Crippen LogP contribution < -0.4 is 10.6 Å². The van der Waals surface area contributed by atoms with Gasteiger partial charge in [-0.05, 0) is 57.0 Å². The molecule has 0 aromatic heterocycles. The normalized spacial score (nSPS) is 16.4. The van der Waals surface area contributed by atoms with Gasteiger partial charge in [-0.2, -0.15) is 0 Å². The first kappa shape index (κ1) is 20.1. The van der Waals surface area contributed by atoms with Crippen molar-refractivity contribution in [2.75, 3.05) is 18.4 Å². The minimum Gasteiger partial charge on any atom is -0.352 e. The summed E-state index contributed by atoms with van der Waals surface area (Å²) in [5.74, 6) is 0.133. The molecule has 5 nitrogen and oxygen atoms in total. The number of anilines is 1. The van der Waals surface area contributed by atoms with Gasteiger partial charge < -0.3 is 10.6 Å². The molecule has 1 aliphatic heterocycles. The Morgan fingerprint density at radius 1 is 1.04 bits per heavy atom. The molecule has 1 atom stereocenters. The summed E-state index contributed by atoms with van der Waals surface area (Å²) in [5, 5.41) is 6.06. The third kappa shape index (κ3) is 5.20. The molecule has 5 heteroatoms. The number of para-hydroxylation sites is 1.